The third-order valence-electron chi connectivity index (χ3n) is 3.38. The zero-order valence-electron chi connectivity index (χ0n) is 11.9. The van der Waals surface area contributed by atoms with Gasteiger partial charge in [0.2, 0.25) is 0 Å². The van der Waals surface area contributed by atoms with Gasteiger partial charge in [0.05, 0.1) is 24.6 Å². The Balaban J connectivity index is 1.65. The van der Waals surface area contributed by atoms with Gasteiger partial charge in [0.15, 0.2) is 5.82 Å². The van der Waals surface area contributed by atoms with Crippen LogP contribution in [-0.2, 0) is 0 Å². The maximum absolute atomic E-state index is 12.8. The first-order chi connectivity index (χ1) is 10.6. The molecule has 0 spiro atoms. The van der Waals surface area contributed by atoms with Crippen molar-refractivity contribution in [2.45, 2.75) is 25.9 Å². The molecule has 0 bridgehead atoms. The third-order valence-corrected chi connectivity index (χ3v) is 4.20. The van der Waals surface area contributed by atoms with Crippen LogP contribution in [0.1, 0.15) is 28.2 Å². The second-order valence-electron chi connectivity index (χ2n) is 5.00. The van der Waals surface area contributed by atoms with Crippen molar-refractivity contribution in [1.29, 1.82) is 0 Å². The predicted octanol–water partition coefficient (Wildman–Crippen LogP) is 1.46. The number of piperidine rings is 1. The van der Waals surface area contributed by atoms with Gasteiger partial charge in [-0.25, -0.2) is 14.4 Å². The molecule has 0 unspecified atom stereocenters. The number of aryl methyl sites for hydroxylation is 1. The van der Waals surface area contributed by atoms with Crippen LogP contribution in [0.15, 0.2) is 12.4 Å². The zero-order valence-corrected chi connectivity index (χ0v) is 12.7. The molecule has 1 fully saturated rings. The Kier molecular flexibility index (Phi) is 4.23. The molecule has 0 radical (unpaired) electrons. The average molecular weight is 323 g/mol. The second kappa shape index (κ2) is 6.30. The number of carbonyl (C=O) groups excluding carboxylic acids is 1. The van der Waals surface area contributed by atoms with E-state index in [1.807, 2.05) is 0 Å². The number of aromatic nitrogens is 4. The molecule has 3 rings (SSSR count). The Hall–Kier alpha value is -2.16. The van der Waals surface area contributed by atoms with E-state index in [0.29, 0.717) is 23.7 Å². The molecule has 22 heavy (non-hydrogen) atoms. The number of nitrogens with zero attached hydrogens (tertiary/aromatic N) is 5. The topological polar surface area (TPSA) is 81.1 Å². The van der Waals surface area contributed by atoms with E-state index in [0.717, 1.165) is 36.8 Å². The van der Waals surface area contributed by atoms with Gasteiger partial charge in [0.1, 0.15) is 11.0 Å². The van der Waals surface area contributed by atoms with E-state index in [-0.39, 0.29) is 18.0 Å². The Labute approximate surface area is 130 Å². The summed E-state index contributed by atoms with van der Waals surface area (Å²) in [5, 5.41) is 3.86. The number of amides is 1. The lowest BCUT2D eigenvalue weighted by Gasteiger charge is -2.32. The lowest BCUT2D eigenvalue weighted by molar-refractivity contribution is 0.0518. The molecule has 0 aromatic carbocycles. The van der Waals surface area contributed by atoms with Crippen LogP contribution >= 0.6 is 11.5 Å². The Morgan fingerprint density at radius 2 is 2.23 bits per heavy atom. The fourth-order valence-corrected chi connectivity index (χ4v) is 2.93. The van der Waals surface area contributed by atoms with Crippen LogP contribution in [0.5, 0.6) is 6.01 Å². The monoisotopic (exact) mass is 323 g/mol. The normalized spacial score (nSPS) is 18.3. The molecule has 0 N–H and O–H groups in total. The van der Waals surface area contributed by atoms with E-state index in [1.165, 1.54) is 0 Å². The van der Waals surface area contributed by atoms with Crippen LogP contribution in [0.3, 0.4) is 0 Å². The number of hydrogen-bond acceptors (Lipinski definition) is 7. The third kappa shape index (κ3) is 3.19. The van der Waals surface area contributed by atoms with Crippen LogP contribution in [0.2, 0.25) is 0 Å². The summed E-state index contributed by atoms with van der Waals surface area (Å²) >= 11 is 1.10. The second-order valence-corrected chi connectivity index (χ2v) is 5.76. The molecule has 116 valence electrons. The number of carbonyl (C=O) groups is 1. The number of halogens is 1. The van der Waals surface area contributed by atoms with Crippen molar-refractivity contribution in [2.24, 2.45) is 0 Å². The van der Waals surface area contributed by atoms with E-state index in [4.69, 9.17) is 4.74 Å². The maximum atomic E-state index is 12.8. The molecule has 0 aliphatic carbocycles. The van der Waals surface area contributed by atoms with E-state index < -0.39 is 5.82 Å². The maximum Gasteiger partial charge on any atom is 0.316 e. The Bertz CT molecular complexity index is 663. The minimum Gasteiger partial charge on any atom is -0.458 e. The number of rotatable bonds is 3. The van der Waals surface area contributed by atoms with E-state index in [9.17, 15) is 9.18 Å². The summed E-state index contributed by atoms with van der Waals surface area (Å²) < 4.78 is 22.2. The van der Waals surface area contributed by atoms with Crippen LogP contribution in [-0.4, -0.2) is 49.6 Å². The molecule has 7 nitrogen and oxygen atoms in total. The highest BCUT2D eigenvalue weighted by molar-refractivity contribution is 7.07. The quantitative estimate of drug-likeness (QED) is 0.850. The fourth-order valence-electron chi connectivity index (χ4n) is 2.30. The first kappa shape index (κ1) is 14.8. The van der Waals surface area contributed by atoms with Crippen molar-refractivity contribution in [3.8, 4) is 6.01 Å². The standard InChI is InChI=1S/C13H14FN5O2S/c1-8-11(22-18-17-8)12(20)19-4-2-3-10(7-19)21-13-15-5-9(14)6-16-13/h5-6,10H,2-4,7H2,1H3/t10-/m0/s1. The summed E-state index contributed by atoms with van der Waals surface area (Å²) in [7, 11) is 0. The highest BCUT2D eigenvalue weighted by Crippen LogP contribution is 2.19. The molecule has 0 saturated carbocycles. The first-order valence-corrected chi connectivity index (χ1v) is 7.63. The average Bonchev–Trinajstić information content (AvgIpc) is 2.95. The van der Waals surface area contributed by atoms with Crippen LogP contribution in [0.4, 0.5) is 4.39 Å². The first-order valence-electron chi connectivity index (χ1n) is 6.86. The van der Waals surface area contributed by atoms with Gasteiger partial charge >= 0.3 is 6.01 Å². The van der Waals surface area contributed by atoms with Crippen molar-refractivity contribution < 1.29 is 13.9 Å². The fraction of sp³-hybridized carbons (Fsp3) is 0.462. The summed E-state index contributed by atoms with van der Waals surface area (Å²) in [6.45, 7) is 2.87. The van der Waals surface area contributed by atoms with E-state index in [2.05, 4.69) is 19.6 Å². The molecule has 1 atom stereocenters. The highest BCUT2D eigenvalue weighted by Gasteiger charge is 2.28. The molecule has 2 aromatic rings. The van der Waals surface area contributed by atoms with Gasteiger partial charge in [0.25, 0.3) is 5.91 Å². The van der Waals surface area contributed by atoms with Crippen molar-refractivity contribution >= 4 is 17.4 Å². The summed E-state index contributed by atoms with van der Waals surface area (Å²) in [4.78, 5) is 22.3. The van der Waals surface area contributed by atoms with Crippen molar-refractivity contribution in [3.05, 3.63) is 28.8 Å². The van der Waals surface area contributed by atoms with Gasteiger partial charge in [-0.1, -0.05) is 4.49 Å². The smallest absolute Gasteiger partial charge is 0.316 e. The number of likely N-dealkylation sites (tertiary alicyclic amines) is 1. The van der Waals surface area contributed by atoms with Crippen LogP contribution in [0.25, 0.3) is 0 Å². The minimum atomic E-state index is -0.513. The van der Waals surface area contributed by atoms with Crippen molar-refractivity contribution in [1.82, 2.24) is 24.5 Å². The van der Waals surface area contributed by atoms with Crippen molar-refractivity contribution in [2.75, 3.05) is 13.1 Å². The molecule has 3 heterocycles. The van der Waals surface area contributed by atoms with Gasteiger partial charge in [0, 0.05) is 6.54 Å². The van der Waals surface area contributed by atoms with E-state index >= 15 is 0 Å². The SMILES string of the molecule is Cc1nnsc1C(=O)N1CCC[C@H](Oc2ncc(F)cn2)C1. The zero-order chi connectivity index (χ0) is 15.5. The number of ether oxygens (including phenoxy) is 1. The van der Waals surface area contributed by atoms with Gasteiger partial charge in [-0.05, 0) is 31.3 Å². The Morgan fingerprint density at radius 1 is 1.45 bits per heavy atom. The minimum absolute atomic E-state index is 0.0826. The van der Waals surface area contributed by atoms with Gasteiger partial charge in [-0.3, -0.25) is 4.79 Å². The number of hydrogen-bond donors (Lipinski definition) is 0. The van der Waals surface area contributed by atoms with Gasteiger partial charge in [-0.2, -0.15) is 0 Å². The molecule has 2 aromatic heterocycles. The predicted molar refractivity (Wildman–Crippen MR) is 76.2 cm³/mol. The molecule has 1 aliphatic heterocycles. The van der Waals surface area contributed by atoms with Crippen molar-refractivity contribution in [3.63, 3.8) is 0 Å². The molecular weight excluding hydrogens is 309 g/mol. The summed E-state index contributed by atoms with van der Waals surface area (Å²) in [6, 6.07) is 0.122. The van der Waals surface area contributed by atoms with Crippen LogP contribution < -0.4 is 4.74 Å². The van der Waals surface area contributed by atoms with Crippen LogP contribution in [0, 0.1) is 12.7 Å². The summed E-state index contributed by atoms with van der Waals surface area (Å²) in [5.74, 6) is -0.596. The molecule has 1 saturated heterocycles. The van der Waals surface area contributed by atoms with E-state index in [1.54, 1.807) is 11.8 Å². The van der Waals surface area contributed by atoms with Gasteiger partial charge < -0.3 is 9.64 Å². The largest absolute Gasteiger partial charge is 0.458 e. The summed E-state index contributed by atoms with van der Waals surface area (Å²) in [6.07, 6.45) is 3.53. The van der Waals surface area contributed by atoms with Gasteiger partial charge in [-0.15, -0.1) is 5.10 Å². The summed E-state index contributed by atoms with van der Waals surface area (Å²) in [5.41, 5.74) is 0.639. The lowest BCUT2D eigenvalue weighted by atomic mass is 10.1. The molecule has 1 aliphatic rings. The molecule has 1 amide bonds. The molecular formula is C13H14FN5O2S. The highest BCUT2D eigenvalue weighted by atomic mass is 32.1. The molecule has 9 heteroatoms. The Morgan fingerprint density at radius 3 is 2.91 bits per heavy atom. The lowest BCUT2D eigenvalue weighted by Crippen LogP contribution is -2.44.